The van der Waals surface area contributed by atoms with Gasteiger partial charge in [-0.1, -0.05) is 18.2 Å². The number of anilines is 2. The number of amides is 1. The molecule has 1 amide bonds. The lowest BCUT2D eigenvalue weighted by molar-refractivity contribution is -0.192. The number of aromatic carboxylic acids is 1. The Labute approximate surface area is 224 Å². The monoisotopic (exact) mass is 551 g/mol. The van der Waals surface area contributed by atoms with Crippen LogP contribution in [-0.4, -0.2) is 85.1 Å². The molecule has 0 aromatic heterocycles. The van der Waals surface area contributed by atoms with Crippen LogP contribution < -0.4 is 10.2 Å². The minimum absolute atomic E-state index is 0.225. The van der Waals surface area contributed by atoms with E-state index in [1.807, 2.05) is 12.1 Å². The first-order chi connectivity index (χ1) is 18.5. The summed E-state index contributed by atoms with van der Waals surface area (Å²) in [6, 6.07) is 14.1. The summed E-state index contributed by atoms with van der Waals surface area (Å²) in [7, 11) is 0. The first kappa shape index (κ1) is 29.9. The summed E-state index contributed by atoms with van der Waals surface area (Å²) in [5, 5.41) is 19.7. The van der Waals surface area contributed by atoms with E-state index in [-0.39, 0.29) is 11.5 Å². The van der Waals surface area contributed by atoms with Gasteiger partial charge in [0, 0.05) is 37.4 Å². The predicted molar refractivity (Wildman–Crippen MR) is 138 cm³/mol. The van der Waals surface area contributed by atoms with E-state index in [2.05, 4.69) is 15.1 Å². The molecule has 0 aliphatic carbocycles. The van der Waals surface area contributed by atoms with E-state index < -0.39 is 18.1 Å². The number of carbonyl (C=O) groups is 3. The maximum atomic E-state index is 12.4. The number of piperidine rings is 1. The average Bonchev–Trinajstić information content (AvgIpc) is 2.93. The number of aliphatic carboxylic acids is 1. The maximum absolute atomic E-state index is 12.4. The fraction of sp³-hybridized carbons (Fsp3) is 0.444. The number of benzene rings is 2. The summed E-state index contributed by atoms with van der Waals surface area (Å²) in [4.78, 5) is 37.9. The SMILES string of the molecule is O=C(Nc1ccc(N2CCC(CCN3CCOCC3)CC2)c(C(=O)O)c1)c1ccccc1.O=C(O)C(F)(F)F. The number of alkyl halides is 3. The van der Waals surface area contributed by atoms with Crippen LogP contribution >= 0.6 is 0 Å². The molecule has 39 heavy (non-hydrogen) atoms. The Balaban J connectivity index is 0.000000532. The number of nitrogens with one attached hydrogen (secondary N) is 1. The maximum Gasteiger partial charge on any atom is 0.490 e. The molecule has 3 N–H and O–H groups in total. The van der Waals surface area contributed by atoms with Gasteiger partial charge < -0.3 is 25.2 Å². The molecule has 2 aliphatic heterocycles. The van der Waals surface area contributed by atoms with Crippen LogP contribution in [0.5, 0.6) is 0 Å². The highest BCUT2D eigenvalue weighted by Crippen LogP contribution is 2.30. The second-order valence-electron chi connectivity index (χ2n) is 9.33. The number of hydrogen-bond acceptors (Lipinski definition) is 6. The number of ether oxygens (including phenoxy) is 1. The minimum atomic E-state index is -5.08. The molecule has 0 radical (unpaired) electrons. The molecule has 0 unspecified atom stereocenters. The van der Waals surface area contributed by atoms with Gasteiger partial charge in [-0.3, -0.25) is 9.69 Å². The highest BCUT2D eigenvalue weighted by atomic mass is 19.4. The van der Waals surface area contributed by atoms with E-state index in [0.717, 1.165) is 64.5 Å². The van der Waals surface area contributed by atoms with E-state index >= 15 is 0 Å². The Bertz CT molecular complexity index is 1120. The summed E-state index contributed by atoms with van der Waals surface area (Å²) < 4.78 is 37.2. The van der Waals surface area contributed by atoms with Gasteiger partial charge in [-0.25, -0.2) is 9.59 Å². The molecule has 2 saturated heterocycles. The van der Waals surface area contributed by atoms with Crippen LogP contribution in [0.2, 0.25) is 0 Å². The van der Waals surface area contributed by atoms with Crippen molar-refractivity contribution in [2.24, 2.45) is 5.92 Å². The average molecular weight is 552 g/mol. The standard InChI is InChI=1S/C25H31N3O4.C2HF3O2/c29-24(20-4-2-1-3-5-20)26-21-6-7-23(22(18-21)25(30)31)28-12-9-19(10-13-28)8-11-27-14-16-32-17-15-27;3-2(4,5)1(6)7/h1-7,18-19H,8-17H2,(H,26,29)(H,30,31);(H,6,7). The summed E-state index contributed by atoms with van der Waals surface area (Å²) >= 11 is 0. The van der Waals surface area contributed by atoms with Gasteiger partial charge in [0.15, 0.2) is 0 Å². The third-order valence-corrected chi connectivity index (χ3v) is 6.68. The lowest BCUT2D eigenvalue weighted by Gasteiger charge is -2.35. The van der Waals surface area contributed by atoms with Gasteiger partial charge in [0.1, 0.15) is 0 Å². The van der Waals surface area contributed by atoms with E-state index in [0.29, 0.717) is 17.2 Å². The fourth-order valence-corrected chi connectivity index (χ4v) is 4.51. The van der Waals surface area contributed by atoms with Crippen LogP contribution in [0.4, 0.5) is 24.5 Å². The molecule has 2 fully saturated rings. The second-order valence-corrected chi connectivity index (χ2v) is 9.33. The first-order valence-corrected chi connectivity index (χ1v) is 12.6. The Morgan fingerprint density at radius 1 is 0.949 bits per heavy atom. The molecule has 0 bridgehead atoms. The number of rotatable bonds is 7. The van der Waals surface area contributed by atoms with Crippen molar-refractivity contribution in [3.05, 3.63) is 59.7 Å². The summed E-state index contributed by atoms with van der Waals surface area (Å²) in [6.07, 6.45) is -1.77. The topological polar surface area (TPSA) is 119 Å². The molecule has 2 aromatic rings. The van der Waals surface area contributed by atoms with Crippen molar-refractivity contribution in [1.82, 2.24) is 4.90 Å². The summed E-state index contributed by atoms with van der Waals surface area (Å²) in [6.45, 7) is 6.52. The zero-order valence-corrected chi connectivity index (χ0v) is 21.3. The number of hydrogen-bond donors (Lipinski definition) is 3. The zero-order chi connectivity index (χ0) is 28.4. The summed E-state index contributed by atoms with van der Waals surface area (Å²) in [5.41, 5.74) is 1.97. The van der Waals surface area contributed by atoms with E-state index in [9.17, 15) is 27.9 Å². The molecule has 2 heterocycles. The van der Waals surface area contributed by atoms with Gasteiger partial charge in [-0.15, -0.1) is 0 Å². The molecule has 9 nitrogen and oxygen atoms in total. The van der Waals surface area contributed by atoms with Gasteiger partial charge in [0.25, 0.3) is 5.91 Å². The van der Waals surface area contributed by atoms with Crippen molar-refractivity contribution < 1.29 is 42.5 Å². The number of carboxylic acid groups (broad SMARTS) is 2. The molecule has 4 rings (SSSR count). The quantitative estimate of drug-likeness (QED) is 0.468. The summed E-state index contributed by atoms with van der Waals surface area (Å²) in [5.74, 6) is -3.32. The Kier molecular flexibility index (Phi) is 10.7. The van der Waals surface area contributed by atoms with Crippen molar-refractivity contribution in [3.8, 4) is 0 Å². The predicted octanol–water partition coefficient (Wildman–Crippen LogP) is 4.21. The number of carbonyl (C=O) groups excluding carboxylic acids is 1. The van der Waals surface area contributed by atoms with E-state index in [1.54, 1.807) is 36.4 Å². The molecule has 12 heteroatoms. The van der Waals surface area contributed by atoms with Gasteiger partial charge in [0.2, 0.25) is 0 Å². The number of nitrogens with zero attached hydrogens (tertiary/aromatic N) is 2. The van der Waals surface area contributed by atoms with Crippen molar-refractivity contribution >= 4 is 29.2 Å². The Morgan fingerprint density at radius 2 is 1.56 bits per heavy atom. The van der Waals surface area contributed by atoms with Gasteiger partial charge >= 0.3 is 18.1 Å². The third-order valence-electron chi connectivity index (χ3n) is 6.68. The second kappa shape index (κ2) is 13.9. The lowest BCUT2D eigenvalue weighted by Crippen LogP contribution is -2.39. The van der Waals surface area contributed by atoms with Crippen molar-refractivity contribution in [2.75, 3.05) is 56.2 Å². The van der Waals surface area contributed by atoms with E-state index in [4.69, 9.17) is 14.6 Å². The highest BCUT2D eigenvalue weighted by molar-refractivity contribution is 6.05. The molecule has 212 valence electrons. The minimum Gasteiger partial charge on any atom is -0.478 e. The Morgan fingerprint density at radius 3 is 2.13 bits per heavy atom. The highest BCUT2D eigenvalue weighted by Gasteiger charge is 2.38. The van der Waals surface area contributed by atoms with Gasteiger partial charge in [0.05, 0.1) is 24.5 Å². The molecule has 0 atom stereocenters. The molecular formula is C27H32F3N3O6. The van der Waals surface area contributed by atoms with Crippen LogP contribution in [0.15, 0.2) is 48.5 Å². The first-order valence-electron chi connectivity index (χ1n) is 12.6. The number of morpholine rings is 1. The van der Waals surface area contributed by atoms with Crippen LogP contribution in [0.25, 0.3) is 0 Å². The molecule has 2 aliphatic rings. The molecule has 0 saturated carbocycles. The van der Waals surface area contributed by atoms with Crippen molar-refractivity contribution in [2.45, 2.75) is 25.4 Å². The van der Waals surface area contributed by atoms with Gasteiger partial charge in [-0.05, 0) is 62.1 Å². The lowest BCUT2D eigenvalue weighted by atomic mass is 9.92. The van der Waals surface area contributed by atoms with Crippen LogP contribution in [0, 0.1) is 5.92 Å². The number of halogens is 3. The third kappa shape index (κ3) is 9.25. The largest absolute Gasteiger partial charge is 0.490 e. The molecule has 0 spiro atoms. The molecular weight excluding hydrogens is 519 g/mol. The van der Waals surface area contributed by atoms with Crippen molar-refractivity contribution in [3.63, 3.8) is 0 Å². The van der Waals surface area contributed by atoms with Gasteiger partial charge in [-0.2, -0.15) is 13.2 Å². The smallest absolute Gasteiger partial charge is 0.478 e. The molecule has 2 aromatic carbocycles. The normalized spacial score (nSPS) is 16.6. The number of carboxylic acids is 2. The zero-order valence-electron chi connectivity index (χ0n) is 21.3. The van der Waals surface area contributed by atoms with E-state index in [1.165, 1.54) is 6.42 Å². The van der Waals surface area contributed by atoms with Crippen molar-refractivity contribution in [1.29, 1.82) is 0 Å². The van der Waals surface area contributed by atoms with Crippen LogP contribution in [0.3, 0.4) is 0 Å². The van der Waals surface area contributed by atoms with Crippen LogP contribution in [0.1, 0.15) is 40.0 Å². The van der Waals surface area contributed by atoms with Crippen LogP contribution in [-0.2, 0) is 9.53 Å². The fourth-order valence-electron chi connectivity index (χ4n) is 4.51. The Hall–Kier alpha value is -3.64.